The Morgan fingerprint density at radius 3 is 2.85 bits per heavy atom. The first-order valence-corrected chi connectivity index (χ1v) is 11.0. The average molecular weight is 461 g/mol. The summed E-state index contributed by atoms with van der Waals surface area (Å²) in [5.41, 5.74) is 12.0. The summed E-state index contributed by atoms with van der Waals surface area (Å²) in [6.45, 7) is 5.75. The summed E-state index contributed by atoms with van der Waals surface area (Å²) in [5, 5.41) is 10.3. The molecule has 0 atom stereocenters. The minimum Gasteiger partial charge on any atom is -0.384 e. The number of halogens is 1. The van der Waals surface area contributed by atoms with E-state index in [2.05, 4.69) is 25.7 Å². The van der Waals surface area contributed by atoms with Gasteiger partial charge in [0.05, 0.1) is 32.0 Å². The van der Waals surface area contributed by atoms with Gasteiger partial charge < -0.3 is 20.9 Å². The number of hydrogen-bond acceptors (Lipinski definition) is 6. The number of benzene rings is 1. The summed E-state index contributed by atoms with van der Waals surface area (Å²) >= 11 is 0. The van der Waals surface area contributed by atoms with Gasteiger partial charge in [0.2, 0.25) is 0 Å². The lowest BCUT2D eigenvalue weighted by molar-refractivity contribution is 0.0946. The average Bonchev–Trinajstić information content (AvgIpc) is 3.34. The molecular weight excluding hydrogens is 435 g/mol. The van der Waals surface area contributed by atoms with Gasteiger partial charge in [0.25, 0.3) is 5.91 Å². The molecule has 1 amide bonds. The number of nitrogens with zero attached hydrogens (tertiary/aromatic N) is 5. The van der Waals surface area contributed by atoms with Crippen LogP contribution in [0.25, 0.3) is 0 Å². The van der Waals surface area contributed by atoms with Crippen molar-refractivity contribution in [1.82, 2.24) is 29.6 Å². The van der Waals surface area contributed by atoms with E-state index >= 15 is 0 Å². The third-order valence-corrected chi connectivity index (χ3v) is 5.99. The van der Waals surface area contributed by atoms with E-state index in [1.807, 2.05) is 36.6 Å². The first kappa shape index (κ1) is 21.6. The molecule has 0 spiro atoms. The number of fused-ring (bicyclic) bond motifs is 2. The minimum absolute atomic E-state index is 0.238. The minimum atomic E-state index is -0.353. The molecule has 4 heterocycles. The highest BCUT2D eigenvalue weighted by Crippen LogP contribution is 2.24. The Morgan fingerprint density at radius 2 is 2.09 bits per heavy atom. The SMILES string of the molecule is Cc1cc(N)nc(C)c1CNC(=O)c1cn2c(n1)CNc1cc(Cn3cc(F)cn3)ccc1C2. The van der Waals surface area contributed by atoms with Gasteiger partial charge in [-0.05, 0) is 48.2 Å². The number of carbonyl (C=O) groups is 1. The molecule has 1 aromatic carbocycles. The predicted octanol–water partition coefficient (Wildman–Crippen LogP) is 2.76. The van der Waals surface area contributed by atoms with Gasteiger partial charge >= 0.3 is 0 Å². The van der Waals surface area contributed by atoms with Crippen molar-refractivity contribution >= 4 is 17.4 Å². The van der Waals surface area contributed by atoms with Gasteiger partial charge in [-0.3, -0.25) is 9.48 Å². The number of pyridine rings is 1. The van der Waals surface area contributed by atoms with E-state index in [1.165, 1.54) is 12.4 Å². The van der Waals surface area contributed by atoms with E-state index < -0.39 is 0 Å². The van der Waals surface area contributed by atoms with Crippen LogP contribution in [-0.2, 0) is 26.2 Å². The number of rotatable bonds is 5. The van der Waals surface area contributed by atoms with Crippen LogP contribution in [0.2, 0.25) is 0 Å². The van der Waals surface area contributed by atoms with Crippen LogP contribution >= 0.6 is 0 Å². The molecule has 5 rings (SSSR count). The molecule has 1 aliphatic rings. The van der Waals surface area contributed by atoms with Crippen molar-refractivity contribution in [2.45, 2.75) is 40.0 Å². The van der Waals surface area contributed by atoms with Crippen molar-refractivity contribution in [3.8, 4) is 0 Å². The van der Waals surface area contributed by atoms with Crippen molar-refractivity contribution in [3.63, 3.8) is 0 Å². The Labute approximate surface area is 195 Å². The van der Waals surface area contributed by atoms with Crippen LogP contribution in [0.5, 0.6) is 0 Å². The highest BCUT2D eigenvalue weighted by molar-refractivity contribution is 5.92. The molecule has 9 nitrogen and oxygen atoms in total. The number of imidazole rings is 1. The zero-order chi connectivity index (χ0) is 23.8. The smallest absolute Gasteiger partial charge is 0.271 e. The second-order valence-corrected chi connectivity index (χ2v) is 8.48. The van der Waals surface area contributed by atoms with Gasteiger partial charge in [0.15, 0.2) is 5.82 Å². The molecule has 4 N–H and O–H groups in total. The maximum Gasteiger partial charge on any atom is 0.271 e. The molecule has 10 heteroatoms. The summed E-state index contributed by atoms with van der Waals surface area (Å²) in [7, 11) is 0. The van der Waals surface area contributed by atoms with E-state index in [0.717, 1.165) is 39.5 Å². The monoisotopic (exact) mass is 460 g/mol. The number of nitrogens with one attached hydrogen (secondary N) is 2. The van der Waals surface area contributed by atoms with E-state index in [0.29, 0.717) is 37.7 Å². The molecule has 0 fully saturated rings. The van der Waals surface area contributed by atoms with Crippen molar-refractivity contribution in [1.29, 1.82) is 0 Å². The van der Waals surface area contributed by atoms with Crippen LogP contribution in [0, 0.1) is 19.7 Å². The molecule has 1 aliphatic heterocycles. The third-order valence-electron chi connectivity index (χ3n) is 5.99. The Bertz CT molecular complexity index is 1370. The summed E-state index contributed by atoms with van der Waals surface area (Å²) < 4.78 is 16.8. The summed E-state index contributed by atoms with van der Waals surface area (Å²) in [6, 6.07) is 7.88. The molecule has 174 valence electrons. The number of nitrogens with two attached hydrogens (primary N) is 1. The fraction of sp³-hybridized carbons (Fsp3) is 0.250. The van der Waals surface area contributed by atoms with Crippen LogP contribution in [0.1, 0.15) is 44.3 Å². The van der Waals surface area contributed by atoms with Gasteiger partial charge in [0.1, 0.15) is 17.3 Å². The number of aromatic nitrogens is 5. The Balaban J connectivity index is 1.28. The Morgan fingerprint density at radius 1 is 1.24 bits per heavy atom. The fourth-order valence-electron chi connectivity index (χ4n) is 4.25. The zero-order valence-electron chi connectivity index (χ0n) is 19.0. The van der Waals surface area contributed by atoms with Crippen LogP contribution in [-0.4, -0.2) is 30.2 Å². The molecular formula is C24H25FN8O. The first-order chi connectivity index (χ1) is 16.4. The Hall–Kier alpha value is -4.21. The molecule has 3 aromatic heterocycles. The van der Waals surface area contributed by atoms with E-state index in [4.69, 9.17) is 5.73 Å². The lowest BCUT2D eigenvalue weighted by atomic mass is 10.1. The van der Waals surface area contributed by atoms with Crippen LogP contribution in [0.15, 0.2) is 42.9 Å². The normalized spacial score (nSPS) is 12.4. The van der Waals surface area contributed by atoms with Crippen molar-refractivity contribution in [2.75, 3.05) is 11.1 Å². The highest BCUT2D eigenvalue weighted by Gasteiger charge is 2.19. The van der Waals surface area contributed by atoms with Gasteiger partial charge in [-0.15, -0.1) is 0 Å². The predicted molar refractivity (Wildman–Crippen MR) is 126 cm³/mol. The highest BCUT2D eigenvalue weighted by atomic mass is 19.1. The van der Waals surface area contributed by atoms with Crippen LogP contribution < -0.4 is 16.4 Å². The molecule has 0 saturated heterocycles. The van der Waals surface area contributed by atoms with Gasteiger partial charge in [-0.1, -0.05) is 12.1 Å². The summed E-state index contributed by atoms with van der Waals surface area (Å²) in [5.74, 6) is 0.656. The first-order valence-electron chi connectivity index (χ1n) is 11.0. The lowest BCUT2D eigenvalue weighted by Gasteiger charge is -2.11. The molecule has 0 unspecified atom stereocenters. The number of nitrogen functional groups attached to an aromatic ring is 1. The standard InChI is InChI=1S/C24H25FN8O/c1-14-5-22(26)30-15(2)19(14)8-28-24(34)21-13-32-11-17-4-3-16(10-33-12-18(25)7-29-33)6-20(17)27-9-23(32)31-21/h3-7,12-13,27H,8-11H2,1-2H3,(H2,26,30)(H,28,34). The fourth-order valence-corrected chi connectivity index (χ4v) is 4.25. The van der Waals surface area contributed by atoms with E-state index in [1.54, 1.807) is 16.9 Å². The number of aryl methyl sites for hydroxylation is 2. The number of carbonyl (C=O) groups excluding carboxylic acids is 1. The molecule has 4 aromatic rings. The van der Waals surface area contributed by atoms with E-state index in [-0.39, 0.29) is 11.7 Å². The quantitative estimate of drug-likeness (QED) is 0.422. The van der Waals surface area contributed by atoms with Gasteiger partial charge in [-0.25, -0.2) is 14.4 Å². The number of amides is 1. The second kappa shape index (κ2) is 8.62. The lowest BCUT2D eigenvalue weighted by Crippen LogP contribution is -2.24. The third kappa shape index (κ3) is 4.34. The number of anilines is 2. The summed E-state index contributed by atoms with van der Waals surface area (Å²) in [4.78, 5) is 21.6. The van der Waals surface area contributed by atoms with Gasteiger partial charge in [0, 0.05) is 24.1 Å². The Kier molecular flexibility index (Phi) is 5.48. The molecule has 0 aliphatic carbocycles. The van der Waals surface area contributed by atoms with Crippen LogP contribution in [0.3, 0.4) is 0 Å². The zero-order valence-corrected chi connectivity index (χ0v) is 19.0. The van der Waals surface area contributed by atoms with Crippen molar-refractivity contribution in [3.05, 3.63) is 88.1 Å². The van der Waals surface area contributed by atoms with Crippen molar-refractivity contribution in [2.24, 2.45) is 0 Å². The van der Waals surface area contributed by atoms with Gasteiger partial charge in [-0.2, -0.15) is 5.10 Å². The molecule has 0 radical (unpaired) electrons. The molecule has 34 heavy (non-hydrogen) atoms. The molecule has 0 bridgehead atoms. The van der Waals surface area contributed by atoms with Crippen molar-refractivity contribution < 1.29 is 9.18 Å². The largest absolute Gasteiger partial charge is 0.384 e. The van der Waals surface area contributed by atoms with E-state index in [9.17, 15) is 9.18 Å². The maximum atomic E-state index is 13.2. The van der Waals surface area contributed by atoms with Crippen LogP contribution in [0.4, 0.5) is 15.9 Å². The maximum absolute atomic E-state index is 13.2. The second-order valence-electron chi connectivity index (χ2n) is 8.48. The number of hydrogen-bond donors (Lipinski definition) is 3. The molecule has 0 saturated carbocycles. The topological polar surface area (TPSA) is 116 Å². The summed E-state index contributed by atoms with van der Waals surface area (Å²) in [6.07, 6.45) is 4.35.